The van der Waals surface area contributed by atoms with Gasteiger partial charge in [0.2, 0.25) is 0 Å². The highest BCUT2D eigenvalue weighted by Crippen LogP contribution is 2.17. The fourth-order valence-corrected chi connectivity index (χ4v) is 1.27. The molecule has 1 amide bonds. The Labute approximate surface area is 90.4 Å². The summed E-state index contributed by atoms with van der Waals surface area (Å²) in [6, 6.07) is 4.71. The summed E-state index contributed by atoms with van der Waals surface area (Å²) in [5.74, 6) is -0.812. The maximum Gasteiger partial charge on any atom is 0.405 e. The van der Waals surface area contributed by atoms with E-state index in [1.54, 1.807) is 24.4 Å². The number of carbonyl (C=O) groups is 1. The van der Waals surface area contributed by atoms with Crippen molar-refractivity contribution in [3.05, 3.63) is 29.3 Å². The lowest BCUT2D eigenvalue weighted by Crippen LogP contribution is -2.34. The molecule has 3 N–H and O–H groups in total. The standard InChI is InChI=1S/C10H11F3N2O/c1-6-3-2-4-7(14)8(6)9(16)15-5-10(11,12)13/h2-4H,5,14H2,1H3,(H,15,16). The van der Waals surface area contributed by atoms with Crippen LogP contribution in [0.25, 0.3) is 0 Å². The van der Waals surface area contributed by atoms with Gasteiger partial charge < -0.3 is 11.1 Å². The number of nitrogens with two attached hydrogens (primary N) is 1. The third kappa shape index (κ3) is 3.15. The van der Waals surface area contributed by atoms with Crippen molar-refractivity contribution < 1.29 is 18.0 Å². The Kier molecular flexibility index (Phi) is 3.41. The molecule has 0 aromatic heterocycles. The van der Waals surface area contributed by atoms with Crippen LogP contribution in [0.15, 0.2) is 18.2 Å². The van der Waals surface area contributed by atoms with E-state index in [4.69, 9.17) is 5.73 Å². The first-order chi connectivity index (χ1) is 7.31. The number of hydrogen-bond acceptors (Lipinski definition) is 2. The second kappa shape index (κ2) is 4.42. The smallest absolute Gasteiger partial charge is 0.398 e. The largest absolute Gasteiger partial charge is 0.405 e. The van der Waals surface area contributed by atoms with E-state index in [2.05, 4.69) is 0 Å². The van der Waals surface area contributed by atoms with Crippen LogP contribution in [0.5, 0.6) is 0 Å². The van der Waals surface area contributed by atoms with Crippen LogP contribution >= 0.6 is 0 Å². The Morgan fingerprint density at radius 2 is 2.06 bits per heavy atom. The number of nitrogen functional groups attached to an aromatic ring is 1. The minimum Gasteiger partial charge on any atom is -0.398 e. The second-order valence-corrected chi connectivity index (χ2v) is 3.34. The van der Waals surface area contributed by atoms with E-state index in [1.165, 1.54) is 6.07 Å². The van der Waals surface area contributed by atoms with Crippen molar-refractivity contribution in [3.8, 4) is 0 Å². The zero-order chi connectivity index (χ0) is 12.3. The number of amides is 1. The van der Waals surface area contributed by atoms with E-state index in [-0.39, 0.29) is 11.3 Å². The average Bonchev–Trinajstić information content (AvgIpc) is 2.13. The lowest BCUT2D eigenvalue weighted by Gasteiger charge is -2.11. The number of nitrogens with one attached hydrogen (secondary N) is 1. The normalized spacial score (nSPS) is 11.2. The Morgan fingerprint density at radius 3 is 2.56 bits per heavy atom. The highest BCUT2D eigenvalue weighted by Gasteiger charge is 2.28. The van der Waals surface area contributed by atoms with E-state index in [0.717, 1.165) is 0 Å². The summed E-state index contributed by atoms with van der Waals surface area (Å²) in [7, 11) is 0. The molecule has 0 unspecified atom stereocenters. The van der Waals surface area contributed by atoms with Gasteiger partial charge in [0, 0.05) is 5.69 Å². The quantitative estimate of drug-likeness (QED) is 0.765. The van der Waals surface area contributed by atoms with Gasteiger partial charge >= 0.3 is 6.18 Å². The maximum atomic E-state index is 11.9. The van der Waals surface area contributed by atoms with Crippen molar-refractivity contribution in [2.75, 3.05) is 12.3 Å². The van der Waals surface area contributed by atoms with E-state index >= 15 is 0 Å². The highest BCUT2D eigenvalue weighted by molar-refractivity contribution is 6.00. The molecule has 0 atom stereocenters. The Hall–Kier alpha value is -1.72. The summed E-state index contributed by atoms with van der Waals surface area (Å²) in [6.45, 7) is 0.248. The van der Waals surface area contributed by atoms with Crippen LogP contribution in [0.3, 0.4) is 0 Å². The van der Waals surface area contributed by atoms with Crippen LogP contribution in [0, 0.1) is 6.92 Å². The Balaban J connectivity index is 2.81. The topological polar surface area (TPSA) is 55.1 Å². The summed E-state index contributed by atoms with van der Waals surface area (Å²) in [6.07, 6.45) is -4.42. The van der Waals surface area contributed by atoms with Crippen molar-refractivity contribution in [2.24, 2.45) is 0 Å². The summed E-state index contributed by atoms with van der Waals surface area (Å²) >= 11 is 0. The number of alkyl halides is 3. The summed E-state index contributed by atoms with van der Waals surface area (Å²) in [5.41, 5.74) is 6.32. The number of aryl methyl sites for hydroxylation is 1. The van der Waals surface area contributed by atoms with Gasteiger partial charge in [-0.3, -0.25) is 4.79 Å². The summed E-state index contributed by atoms with van der Waals surface area (Å²) in [5, 5.41) is 1.78. The molecule has 0 fully saturated rings. The van der Waals surface area contributed by atoms with Gasteiger partial charge in [-0.15, -0.1) is 0 Å². The third-order valence-corrected chi connectivity index (χ3v) is 1.98. The minimum absolute atomic E-state index is 0.0896. The average molecular weight is 232 g/mol. The predicted molar refractivity (Wildman–Crippen MR) is 54.0 cm³/mol. The summed E-state index contributed by atoms with van der Waals surface area (Å²) < 4.78 is 35.7. The first kappa shape index (κ1) is 12.4. The van der Waals surface area contributed by atoms with E-state index in [0.29, 0.717) is 5.56 Å². The van der Waals surface area contributed by atoms with Gasteiger partial charge in [-0.05, 0) is 18.6 Å². The van der Waals surface area contributed by atoms with Crippen molar-refractivity contribution >= 4 is 11.6 Å². The monoisotopic (exact) mass is 232 g/mol. The van der Waals surface area contributed by atoms with Crippen LogP contribution in [-0.2, 0) is 0 Å². The van der Waals surface area contributed by atoms with E-state index in [1.807, 2.05) is 0 Å². The molecule has 88 valence electrons. The third-order valence-electron chi connectivity index (χ3n) is 1.98. The fourth-order valence-electron chi connectivity index (χ4n) is 1.27. The molecule has 0 spiro atoms. The van der Waals surface area contributed by atoms with Gasteiger partial charge in [-0.25, -0.2) is 0 Å². The molecular weight excluding hydrogens is 221 g/mol. The molecule has 3 nitrogen and oxygen atoms in total. The first-order valence-corrected chi connectivity index (χ1v) is 4.51. The highest BCUT2D eigenvalue weighted by atomic mass is 19.4. The molecule has 0 saturated carbocycles. The molecule has 0 heterocycles. The fraction of sp³-hybridized carbons (Fsp3) is 0.300. The van der Waals surface area contributed by atoms with Gasteiger partial charge in [0.1, 0.15) is 6.54 Å². The predicted octanol–water partition coefficient (Wildman–Crippen LogP) is 1.87. The van der Waals surface area contributed by atoms with E-state index in [9.17, 15) is 18.0 Å². The van der Waals surface area contributed by atoms with Crippen LogP contribution in [0.2, 0.25) is 0 Å². The molecular formula is C10H11F3N2O. The lowest BCUT2D eigenvalue weighted by atomic mass is 10.1. The molecule has 0 aliphatic rings. The van der Waals surface area contributed by atoms with Crippen LogP contribution in [0.1, 0.15) is 15.9 Å². The van der Waals surface area contributed by atoms with Gasteiger partial charge in [-0.1, -0.05) is 12.1 Å². The van der Waals surface area contributed by atoms with Gasteiger partial charge in [-0.2, -0.15) is 13.2 Å². The molecule has 1 aromatic carbocycles. The number of carbonyl (C=O) groups excluding carboxylic acids is 1. The van der Waals surface area contributed by atoms with Crippen molar-refractivity contribution in [2.45, 2.75) is 13.1 Å². The van der Waals surface area contributed by atoms with E-state index < -0.39 is 18.6 Å². The number of benzene rings is 1. The molecule has 1 rings (SSSR count). The van der Waals surface area contributed by atoms with Gasteiger partial charge in [0.15, 0.2) is 0 Å². The van der Waals surface area contributed by atoms with Crippen LogP contribution in [-0.4, -0.2) is 18.6 Å². The van der Waals surface area contributed by atoms with Gasteiger partial charge in [0.05, 0.1) is 5.56 Å². The lowest BCUT2D eigenvalue weighted by molar-refractivity contribution is -0.123. The second-order valence-electron chi connectivity index (χ2n) is 3.34. The molecule has 0 saturated heterocycles. The van der Waals surface area contributed by atoms with Crippen molar-refractivity contribution in [1.82, 2.24) is 5.32 Å². The van der Waals surface area contributed by atoms with Crippen LogP contribution < -0.4 is 11.1 Å². The van der Waals surface area contributed by atoms with Crippen molar-refractivity contribution in [3.63, 3.8) is 0 Å². The maximum absolute atomic E-state index is 11.9. The molecule has 0 bridgehead atoms. The summed E-state index contributed by atoms with van der Waals surface area (Å²) in [4.78, 5) is 11.4. The molecule has 1 aromatic rings. The van der Waals surface area contributed by atoms with Crippen LogP contribution in [0.4, 0.5) is 18.9 Å². The zero-order valence-electron chi connectivity index (χ0n) is 8.56. The number of hydrogen-bond donors (Lipinski definition) is 2. The molecule has 16 heavy (non-hydrogen) atoms. The molecule has 0 radical (unpaired) electrons. The number of halogens is 3. The Morgan fingerprint density at radius 1 is 1.44 bits per heavy atom. The molecule has 0 aliphatic carbocycles. The van der Waals surface area contributed by atoms with Gasteiger partial charge in [0.25, 0.3) is 5.91 Å². The van der Waals surface area contributed by atoms with Crippen molar-refractivity contribution in [1.29, 1.82) is 0 Å². The SMILES string of the molecule is Cc1cccc(N)c1C(=O)NCC(F)(F)F. The minimum atomic E-state index is -4.42. The molecule has 6 heteroatoms. The number of anilines is 1. The molecule has 0 aliphatic heterocycles. The zero-order valence-corrected chi connectivity index (χ0v) is 8.56. The number of rotatable bonds is 2. The first-order valence-electron chi connectivity index (χ1n) is 4.51. The Bertz CT molecular complexity index is 381.